The van der Waals surface area contributed by atoms with E-state index in [1.165, 1.54) is 4.52 Å². The molecule has 0 fully saturated rings. The van der Waals surface area contributed by atoms with Gasteiger partial charge in [0.25, 0.3) is 11.1 Å². The van der Waals surface area contributed by atoms with E-state index in [-0.39, 0.29) is 22.6 Å². The fourth-order valence-electron chi connectivity index (χ4n) is 2.58. The van der Waals surface area contributed by atoms with Gasteiger partial charge in [-0.3, -0.25) is 9.59 Å². The molecule has 0 aliphatic rings. The maximum atomic E-state index is 12.7. The van der Waals surface area contributed by atoms with E-state index < -0.39 is 5.56 Å². The predicted molar refractivity (Wildman–Crippen MR) is 108 cm³/mol. The molecule has 2 aromatic heterocycles. The van der Waals surface area contributed by atoms with Crippen LogP contribution in [0.2, 0.25) is 10.0 Å². The summed E-state index contributed by atoms with van der Waals surface area (Å²) in [6, 6.07) is 14.3. The van der Waals surface area contributed by atoms with Gasteiger partial charge in [-0.05, 0) is 35.4 Å². The molecule has 0 atom stereocenters. The second-order valence-electron chi connectivity index (χ2n) is 5.79. The lowest BCUT2D eigenvalue weighted by Gasteiger charge is -2.02. The van der Waals surface area contributed by atoms with E-state index in [1.54, 1.807) is 42.5 Å². The molecule has 2 heterocycles. The largest absolute Gasteiger partial charge is 0.296 e. The van der Waals surface area contributed by atoms with Crippen LogP contribution in [0.25, 0.3) is 11.0 Å². The zero-order valence-corrected chi connectivity index (χ0v) is 16.1. The molecule has 134 valence electrons. The fraction of sp³-hybridized carbons (Fsp3) is 0.0526. The SMILES string of the molecule is O=c1nc2s/c(=C\c3ccc(Cl)cc3)c(=O)n2nc1Cc1ccccc1Cl. The first-order valence-electron chi connectivity index (χ1n) is 7.95. The summed E-state index contributed by atoms with van der Waals surface area (Å²) in [4.78, 5) is 29.3. The van der Waals surface area contributed by atoms with Crippen LogP contribution >= 0.6 is 34.5 Å². The molecule has 0 saturated heterocycles. The van der Waals surface area contributed by atoms with Crippen LogP contribution in [0.4, 0.5) is 0 Å². The maximum Gasteiger partial charge on any atom is 0.296 e. The van der Waals surface area contributed by atoms with Crippen molar-refractivity contribution in [1.82, 2.24) is 14.6 Å². The van der Waals surface area contributed by atoms with E-state index in [0.29, 0.717) is 14.6 Å². The summed E-state index contributed by atoms with van der Waals surface area (Å²) in [5, 5.41) is 5.38. The van der Waals surface area contributed by atoms with Crippen LogP contribution in [0.5, 0.6) is 0 Å². The summed E-state index contributed by atoms with van der Waals surface area (Å²) >= 11 is 13.1. The van der Waals surface area contributed by atoms with Gasteiger partial charge in [0.15, 0.2) is 0 Å². The van der Waals surface area contributed by atoms with Crippen molar-refractivity contribution in [1.29, 1.82) is 0 Å². The highest BCUT2D eigenvalue weighted by Crippen LogP contribution is 2.17. The Morgan fingerprint density at radius 2 is 1.78 bits per heavy atom. The first-order chi connectivity index (χ1) is 13.0. The Labute approximate surface area is 167 Å². The summed E-state index contributed by atoms with van der Waals surface area (Å²) in [6.07, 6.45) is 1.93. The molecule has 0 saturated carbocycles. The monoisotopic (exact) mass is 415 g/mol. The molecule has 4 aromatic rings. The molecule has 0 spiro atoms. The molecule has 8 heteroatoms. The van der Waals surface area contributed by atoms with E-state index in [9.17, 15) is 9.59 Å². The van der Waals surface area contributed by atoms with Crippen LogP contribution in [-0.2, 0) is 6.42 Å². The Morgan fingerprint density at radius 1 is 1.04 bits per heavy atom. The highest BCUT2D eigenvalue weighted by atomic mass is 35.5. The third kappa shape index (κ3) is 3.64. The summed E-state index contributed by atoms with van der Waals surface area (Å²) in [5.74, 6) is 0. The molecule has 2 aromatic carbocycles. The van der Waals surface area contributed by atoms with Crippen molar-refractivity contribution in [3.8, 4) is 0 Å². The Morgan fingerprint density at radius 3 is 2.52 bits per heavy atom. The lowest BCUT2D eigenvalue weighted by Crippen LogP contribution is -2.28. The number of rotatable bonds is 3. The van der Waals surface area contributed by atoms with Crippen molar-refractivity contribution in [2.45, 2.75) is 6.42 Å². The number of hydrogen-bond acceptors (Lipinski definition) is 5. The normalized spacial score (nSPS) is 12.0. The number of aromatic nitrogens is 3. The lowest BCUT2D eigenvalue weighted by molar-refractivity contribution is 0.811. The van der Waals surface area contributed by atoms with Crippen LogP contribution in [0.15, 0.2) is 58.1 Å². The van der Waals surface area contributed by atoms with E-state index in [1.807, 2.05) is 12.1 Å². The van der Waals surface area contributed by atoms with Gasteiger partial charge in [-0.2, -0.15) is 14.6 Å². The van der Waals surface area contributed by atoms with Crippen LogP contribution in [0, 0.1) is 0 Å². The average molecular weight is 416 g/mol. The molecule has 27 heavy (non-hydrogen) atoms. The van der Waals surface area contributed by atoms with Crippen LogP contribution < -0.4 is 15.7 Å². The van der Waals surface area contributed by atoms with Crippen molar-refractivity contribution in [2.75, 3.05) is 0 Å². The molecule has 5 nitrogen and oxygen atoms in total. The molecule has 0 amide bonds. The fourth-order valence-corrected chi connectivity index (χ4v) is 3.82. The van der Waals surface area contributed by atoms with Crippen molar-refractivity contribution < 1.29 is 0 Å². The van der Waals surface area contributed by atoms with Gasteiger partial charge in [0, 0.05) is 16.5 Å². The van der Waals surface area contributed by atoms with Gasteiger partial charge >= 0.3 is 0 Å². The Balaban J connectivity index is 1.82. The summed E-state index contributed by atoms with van der Waals surface area (Å²) in [7, 11) is 0. The molecule has 0 N–H and O–H groups in total. The van der Waals surface area contributed by atoms with E-state index in [0.717, 1.165) is 22.5 Å². The standard InChI is InChI=1S/C19H11Cl2N3O2S/c20-13-7-5-11(6-8-13)9-16-18(26)24-19(27-16)22-17(25)15(23-24)10-12-3-1-2-4-14(12)21/h1-9H,10H2/b16-9-. The van der Waals surface area contributed by atoms with Gasteiger partial charge < -0.3 is 0 Å². The molecular weight excluding hydrogens is 405 g/mol. The zero-order valence-electron chi connectivity index (χ0n) is 13.7. The lowest BCUT2D eigenvalue weighted by atomic mass is 10.1. The van der Waals surface area contributed by atoms with E-state index in [4.69, 9.17) is 23.2 Å². The van der Waals surface area contributed by atoms with Crippen LogP contribution in [0.3, 0.4) is 0 Å². The molecule has 0 unspecified atom stereocenters. The Hall–Kier alpha value is -2.54. The number of hydrogen-bond donors (Lipinski definition) is 0. The highest BCUT2D eigenvalue weighted by molar-refractivity contribution is 7.15. The van der Waals surface area contributed by atoms with E-state index in [2.05, 4.69) is 10.1 Å². The molecule has 4 rings (SSSR count). The summed E-state index contributed by atoms with van der Waals surface area (Å²) in [5.41, 5.74) is 0.962. The number of nitrogens with zero attached hydrogens (tertiary/aromatic N) is 3. The summed E-state index contributed by atoms with van der Waals surface area (Å²) < 4.78 is 1.60. The molecule has 0 bridgehead atoms. The minimum atomic E-state index is -0.464. The van der Waals surface area contributed by atoms with Crippen molar-refractivity contribution >= 4 is 45.6 Å². The minimum absolute atomic E-state index is 0.175. The smallest absolute Gasteiger partial charge is 0.266 e. The maximum absolute atomic E-state index is 12.7. The third-order valence-electron chi connectivity index (χ3n) is 3.93. The highest BCUT2D eigenvalue weighted by Gasteiger charge is 2.12. The van der Waals surface area contributed by atoms with Crippen molar-refractivity contribution in [2.24, 2.45) is 0 Å². The predicted octanol–water partition coefficient (Wildman–Crippen LogP) is 2.96. The van der Waals surface area contributed by atoms with Crippen molar-refractivity contribution in [3.63, 3.8) is 0 Å². The summed E-state index contributed by atoms with van der Waals surface area (Å²) in [6.45, 7) is 0. The van der Waals surface area contributed by atoms with Crippen LogP contribution in [0.1, 0.15) is 16.8 Å². The molecule has 0 radical (unpaired) electrons. The van der Waals surface area contributed by atoms with Gasteiger partial charge in [0.2, 0.25) is 4.96 Å². The molecule has 0 aliphatic carbocycles. The molecule has 0 aliphatic heterocycles. The topological polar surface area (TPSA) is 64.3 Å². The number of thiazole rings is 1. The van der Waals surface area contributed by atoms with Gasteiger partial charge in [-0.25, -0.2) is 0 Å². The second kappa shape index (κ2) is 7.23. The number of benzene rings is 2. The second-order valence-corrected chi connectivity index (χ2v) is 7.65. The number of fused-ring (bicyclic) bond motifs is 1. The number of halogens is 2. The van der Waals surface area contributed by atoms with Gasteiger partial charge in [0.05, 0.1) is 4.53 Å². The van der Waals surface area contributed by atoms with Gasteiger partial charge in [-0.1, -0.05) is 64.9 Å². The quantitative estimate of drug-likeness (QED) is 0.515. The van der Waals surface area contributed by atoms with Crippen molar-refractivity contribution in [3.05, 3.63) is 101 Å². The Bertz CT molecular complexity index is 1310. The first kappa shape index (κ1) is 17.9. The van der Waals surface area contributed by atoms with Gasteiger partial charge in [-0.15, -0.1) is 0 Å². The van der Waals surface area contributed by atoms with Gasteiger partial charge in [0.1, 0.15) is 5.69 Å². The third-order valence-corrected chi connectivity index (χ3v) is 5.51. The minimum Gasteiger partial charge on any atom is -0.266 e. The average Bonchev–Trinajstić information content (AvgIpc) is 2.94. The first-order valence-corrected chi connectivity index (χ1v) is 9.52. The Kier molecular flexibility index (Phi) is 4.78. The van der Waals surface area contributed by atoms with E-state index >= 15 is 0 Å². The van der Waals surface area contributed by atoms with Crippen LogP contribution in [-0.4, -0.2) is 14.6 Å². The molecular formula is C19H11Cl2N3O2S. The zero-order chi connectivity index (χ0) is 19.0.